The quantitative estimate of drug-likeness (QED) is 0.665. The number of aromatic nitrogens is 1. The fourth-order valence-electron chi connectivity index (χ4n) is 3.49. The summed E-state index contributed by atoms with van der Waals surface area (Å²) in [4.78, 5) is 19.1. The highest BCUT2D eigenvalue weighted by atomic mass is 16.3. The zero-order valence-electron chi connectivity index (χ0n) is 15.1. The number of amides is 1. The number of carbonyl (C=O) groups excluding carboxylic acids is 1. The molecule has 2 atom stereocenters. The smallest absolute Gasteiger partial charge is 0.241 e. The molecule has 1 aromatic heterocycles. The molecule has 0 bridgehead atoms. The van der Waals surface area contributed by atoms with Gasteiger partial charge >= 0.3 is 0 Å². The first-order valence-corrected chi connectivity index (χ1v) is 9.00. The summed E-state index contributed by atoms with van der Waals surface area (Å²) >= 11 is 0. The standard InChI is InChI=1S/C21H22N4O2/c1-25(13-15-11-10-14-6-2-4-8-17(14)22-15)21(27)19-12-18(23-24-19)16-7-3-5-9-20(16)26/h2-11,18-19,23-24,26H,12-13H2,1H3. The van der Waals surface area contributed by atoms with Crippen LogP contribution >= 0.6 is 0 Å². The number of aromatic hydroxyl groups is 1. The molecule has 138 valence electrons. The van der Waals surface area contributed by atoms with Gasteiger partial charge in [0.15, 0.2) is 0 Å². The van der Waals surface area contributed by atoms with Gasteiger partial charge in [-0.3, -0.25) is 9.78 Å². The maximum absolute atomic E-state index is 12.8. The highest BCUT2D eigenvalue weighted by Gasteiger charge is 2.32. The van der Waals surface area contributed by atoms with Crippen LogP contribution in [0, 0.1) is 0 Å². The molecule has 0 aliphatic carbocycles. The molecule has 6 nitrogen and oxygen atoms in total. The Kier molecular flexibility index (Phi) is 4.75. The monoisotopic (exact) mass is 362 g/mol. The Morgan fingerprint density at radius 1 is 1.11 bits per heavy atom. The average Bonchev–Trinajstić information content (AvgIpc) is 3.17. The van der Waals surface area contributed by atoms with Gasteiger partial charge in [0.1, 0.15) is 11.8 Å². The minimum atomic E-state index is -0.347. The molecule has 1 amide bonds. The number of fused-ring (bicyclic) bond motifs is 1. The van der Waals surface area contributed by atoms with Gasteiger partial charge in [-0.1, -0.05) is 42.5 Å². The van der Waals surface area contributed by atoms with Crippen LogP contribution in [-0.2, 0) is 11.3 Å². The molecule has 3 aromatic rings. The molecule has 0 radical (unpaired) electrons. The molecule has 0 saturated carbocycles. The predicted octanol–water partition coefficient (Wildman–Crippen LogP) is 2.51. The Labute approximate surface area is 157 Å². The second kappa shape index (κ2) is 7.34. The molecular weight excluding hydrogens is 340 g/mol. The topological polar surface area (TPSA) is 77.5 Å². The third-order valence-corrected chi connectivity index (χ3v) is 4.94. The number of hydrazine groups is 1. The number of nitrogens with zero attached hydrogens (tertiary/aromatic N) is 2. The second-order valence-corrected chi connectivity index (χ2v) is 6.88. The summed E-state index contributed by atoms with van der Waals surface area (Å²) in [6.07, 6.45) is 0.575. The summed E-state index contributed by atoms with van der Waals surface area (Å²) < 4.78 is 0. The van der Waals surface area contributed by atoms with Crippen molar-refractivity contribution >= 4 is 16.8 Å². The van der Waals surface area contributed by atoms with Crippen LogP contribution in [0.5, 0.6) is 5.75 Å². The minimum Gasteiger partial charge on any atom is -0.508 e. The largest absolute Gasteiger partial charge is 0.508 e. The van der Waals surface area contributed by atoms with E-state index < -0.39 is 0 Å². The van der Waals surface area contributed by atoms with E-state index in [1.807, 2.05) is 48.5 Å². The lowest BCUT2D eigenvalue weighted by atomic mass is 10.0. The van der Waals surface area contributed by atoms with Crippen molar-refractivity contribution in [1.82, 2.24) is 20.7 Å². The van der Waals surface area contributed by atoms with E-state index in [2.05, 4.69) is 15.8 Å². The van der Waals surface area contributed by atoms with Crippen LogP contribution in [0.4, 0.5) is 0 Å². The molecule has 2 heterocycles. The minimum absolute atomic E-state index is 0.00428. The number of para-hydroxylation sites is 2. The number of benzene rings is 2. The SMILES string of the molecule is CN(Cc1ccc2ccccc2n1)C(=O)C1CC(c2ccccc2O)NN1. The average molecular weight is 362 g/mol. The summed E-state index contributed by atoms with van der Waals surface area (Å²) in [5, 5.41) is 11.1. The molecule has 6 heteroatoms. The van der Waals surface area contributed by atoms with E-state index in [1.165, 1.54) is 0 Å². The fraction of sp³-hybridized carbons (Fsp3) is 0.238. The lowest BCUT2D eigenvalue weighted by Crippen LogP contribution is -2.43. The first kappa shape index (κ1) is 17.5. The predicted molar refractivity (Wildman–Crippen MR) is 104 cm³/mol. The fourth-order valence-corrected chi connectivity index (χ4v) is 3.49. The van der Waals surface area contributed by atoms with Crippen LogP contribution < -0.4 is 10.9 Å². The van der Waals surface area contributed by atoms with Crippen molar-refractivity contribution in [2.75, 3.05) is 7.05 Å². The van der Waals surface area contributed by atoms with Crippen molar-refractivity contribution in [3.63, 3.8) is 0 Å². The molecule has 2 aromatic carbocycles. The highest BCUT2D eigenvalue weighted by Crippen LogP contribution is 2.29. The van der Waals surface area contributed by atoms with Gasteiger partial charge in [0.2, 0.25) is 5.91 Å². The summed E-state index contributed by atoms with van der Waals surface area (Å²) in [7, 11) is 1.79. The van der Waals surface area contributed by atoms with Crippen molar-refractivity contribution in [1.29, 1.82) is 0 Å². The van der Waals surface area contributed by atoms with Gasteiger partial charge in [0.05, 0.1) is 23.8 Å². The van der Waals surface area contributed by atoms with Crippen LogP contribution in [0.1, 0.15) is 23.7 Å². The number of pyridine rings is 1. The lowest BCUT2D eigenvalue weighted by molar-refractivity contribution is -0.132. The maximum Gasteiger partial charge on any atom is 0.241 e. The van der Waals surface area contributed by atoms with Crippen molar-refractivity contribution in [3.8, 4) is 5.75 Å². The van der Waals surface area contributed by atoms with E-state index in [0.29, 0.717) is 13.0 Å². The molecule has 1 aliphatic rings. The van der Waals surface area contributed by atoms with Crippen LogP contribution in [0.3, 0.4) is 0 Å². The molecule has 1 saturated heterocycles. The summed E-state index contributed by atoms with van der Waals surface area (Å²) in [6, 6.07) is 18.7. The molecule has 2 unspecified atom stereocenters. The van der Waals surface area contributed by atoms with E-state index in [-0.39, 0.29) is 23.7 Å². The molecule has 27 heavy (non-hydrogen) atoms. The van der Waals surface area contributed by atoms with Crippen LogP contribution in [0.15, 0.2) is 60.7 Å². The Bertz CT molecular complexity index is 975. The van der Waals surface area contributed by atoms with Gasteiger partial charge in [0.25, 0.3) is 0 Å². The van der Waals surface area contributed by atoms with Crippen LogP contribution in [0.25, 0.3) is 10.9 Å². The Morgan fingerprint density at radius 2 is 1.89 bits per heavy atom. The summed E-state index contributed by atoms with van der Waals surface area (Å²) in [5.74, 6) is 0.231. The molecular formula is C21H22N4O2. The summed E-state index contributed by atoms with van der Waals surface area (Å²) in [5.41, 5.74) is 8.74. The van der Waals surface area contributed by atoms with E-state index in [9.17, 15) is 9.90 Å². The number of rotatable bonds is 4. The number of hydrogen-bond donors (Lipinski definition) is 3. The van der Waals surface area contributed by atoms with Crippen molar-refractivity contribution in [3.05, 3.63) is 71.9 Å². The highest BCUT2D eigenvalue weighted by molar-refractivity contribution is 5.82. The van der Waals surface area contributed by atoms with Gasteiger partial charge in [-0.05, 0) is 24.6 Å². The van der Waals surface area contributed by atoms with E-state index >= 15 is 0 Å². The van der Waals surface area contributed by atoms with Crippen LogP contribution in [-0.4, -0.2) is 34.0 Å². The number of likely N-dealkylation sites (N-methyl/N-ethyl adjacent to an activating group) is 1. The van der Waals surface area contributed by atoms with E-state index in [1.54, 1.807) is 24.1 Å². The third kappa shape index (κ3) is 3.63. The third-order valence-electron chi connectivity index (χ3n) is 4.94. The molecule has 1 fully saturated rings. The van der Waals surface area contributed by atoms with Crippen molar-refractivity contribution in [2.45, 2.75) is 25.0 Å². The van der Waals surface area contributed by atoms with Crippen molar-refractivity contribution < 1.29 is 9.90 Å². The molecule has 0 spiro atoms. The maximum atomic E-state index is 12.8. The number of phenols is 1. The number of carbonyl (C=O) groups is 1. The first-order chi connectivity index (χ1) is 13.1. The van der Waals surface area contributed by atoms with Crippen LogP contribution in [0.2, 0.25) is 0 Å². The zero-order valence-corrected chi connectivity index (χ0v) is 15.1. The summed E-state index contributed by atoms with van der Waals surface area (Å²) in [6.45, 7) is 0.448. The van der Waals surface area contributed by atoms with E-state index in [0.717, 1.165) is 22.2 Å². The lowest BCUT2D eigenvalue weighted by Gasteiger charge is -2.20. The number of phenolic OH excluding ortho intramolecular Hbond substituents is 1. The second-order valence-electron chi connectivity index (χ2n) is 6.88. The van der Waals surface area contributed by atoms with Gasteiger partial charge in [-0.15, -0.1) is 0 Å². The Morgan fingerprint density at radius 3 is 2.74 bits per heavy atom. The van der Waals surface area contributed by atoms with Gasteiger partial charge < -0.3 is 10.0 Å². The molecule has 1 aliphatic heterocycles. The van der Waals surface area contributed by atoms with Gasteiger partial charge in [-0.2, -0.15) is 0 Å². The van der Waals surface area contributed by atoms with Crippen molar-refractivity contribution in [2.24, 2.45) is 0 Å². The number of nitrogens with one attached hydrogen (secondary N) is 2. The molecule has 4 rings (SSSR count). The zero-order chi connectivity index (χ0) is 18.8. The first-order valence-electron chi connectivity index (χ1n) is 9.00. The van der Waals surface area contributed by atoms with Gasteiger partial charge in [0, 0.05) is 18.0 Å². The molecule has 3 N–H and O–H groups in total. The van der Waals surface area contributed by atoms with Gasteiger partial charge in [-0.25, -0.2) is 10.9 Å². The Hall–Kier alpha value is -2.96. The Balaban J connectivity index is 1.42. The number of hydrogen-bond acceptors (Lipinski definition) is 5. The normalized spacial score (nSPS) is 19.3. The van der Waals surface area contributed by atoms with E-state index in [4.69, 9.17) is 0 Å².